The molecule has 0 aliphatic carbocycles. The molecular formula is C15H12F5NO4S. The first kappa shape index (κ1) is 21.6. The van der Waals surface area contributed by atoms with Gasteiger partial charge in [0.2, 0.25) is 34.8 Å². The minimum Gasteiger partial charge on any atom is -0.436 e. The van der Waals surface area contributed by atoms with Crippen molar-refractivity contribution in [1.29, 1.82) is 0 Å². The summed E-state index contributed by atoms with van der Waals surface area (Å²) in [6.07, 6.45) is 5.37. The number of halogens is 5. The number of hydrogen-bond donors (Lipinski definition) is 1. The standard InChI is InChI=1S/C15H12F5NO4S/c1-3-5-24-15(23)21-7(4-6-26-2)14(22)25-13-11(19)9(17)8(16)10(18)12(13)20/h1,7H,4-6H2,2H3,(H,21,23)/t7-/m0/s1. The normalized spacial score (nSPS) is 11.4. The zero-order chi connectivity index (χ0) is 19.9. The second-order valence-corrected chi connectivity index (χ2v) is 5.56. The molecule has 1 N–H and O–H groups in total. The van der Waals surface area contributed by atoms with Crippen LogP contribution in [0.1, 0.15) is 6.42 Å². The minimum absolute atomic E-state index is 0.0689. The fraction of sp³-hybridized carbons (Fsp3) is 0.333. The third-order valence-corrected chi connectivity index (χ3v) is 3.49. The quantitative estimate of drug-likeness (QED) is 0.191. The number of amides is 1. The lowest BCUT2D eigenvalue weighted by molar-refractivity contribution is -0.137. The van der Waals surface area contributed by atoms with Gasteiger partial charge in [0.1, 0.15) is 6.04 Å². The van der Waals surface area contributed by atoms with E-state index in [1.807, 2.05) is 11.2 Å². The number of rotatable bonds is 7. The van der Waals surface area contributed by atoms with Crippen molar-refractivity contribution in [3.05, 3.63) is 29.1 Å². The molecule has 0 saturated heterocycles. The van der Waals surface area contributed by atoms with Crippen LogP contribution in [-0.4, -0.2) is 36.7 Å². The number of esters is 1. The summed E-state index contributed by atoms with van der Waals surface area (Å²) >= 11 is 1.26. The lowest BCUT2D eigenvalue weighted by atomic mass is 10.2. The van der Waals surface area contributed by atoms with E-state index in [4.69, 9.17) is 6.42 Å². The van der Waals surface area contributed by atoms with Gasteiger partial charge < -0.3 is 14.8 Å². The Bertz CT molecular complexity index is 709. The Morgan fingerprint density at radius 2 is 1.65 bits per heavy atom. The number of hydrogen-bond acceptors (Lipinski definition) is 5. The molecule has 0 aromatic heterocycles. The summed E-state index contributed by atoms with van der Waals surface area (Å²) in [7, 11) is 0. The lowest BCUT2D eigenvalue weighted by Crippen LogP contribution is -2.44. The summed E-state index contributed by atoms with van der Waals surface area (Å²) in [6, 6.07) is -1.47. The Hall–Kier alpha value is -2.48. The van der Waals surface area contributed by atoms with Gasteiger partial charge in [-0.3, -0.25) is 0 Å². The number of benzene rings is 1. The Balaban J connectivity index is 3.03. The van der Waals surface area contributed by atoms with Crippen molar-refractivity contribution in [3.63, 3.8) is 0 Å². The number of nitrogens with one attached hydrogen (secondary N) is 1. The molecule has 0 unspecified atom stereocenters. The molecule has 0 fully saturated rings. The zero-order valence-electron chi connectivity index (χ0n) is 13.2. The number of carbonyl (C=O) groups is 2. The van der Waals surface area contributed by atoms with Crippen LogP contribution < -0.4 is 10.1 Å². The lowest BCUT2D eigenvalue weighted by Gasteiger charge is -2.17. The molecule has 26 heavy (non-hydrogen) atoms. The number of alkyl carbamates (subject to hydrolysis) is 1. The smallest absolute Gasteiger partial charge is 0.408 e. The number of terminal acetylenes is 1. The third kappa shape index (κ3) is 5.26. The first-order valence-corrected chi connectivity index (χ1v) is 8.22. The van der Waals surface area contributed by atoms with Crippen LogP contribution in [0.4, 0.5) is 26.7 Å². The van der Waals surface area contributed by atoms with E-state index in [-0.39, 0.29) is 6.42 Å². The highest BCUT2D eigenvalue weighted by molar-refractivity contribution is 7.98. The molecule has 0 aliphatic heterocycles. The van der Waals surface area contributed by atoms with E-state index in [2.05, 4.69) is 9.47 Å². The van der Waals surface area contributed by atoms with Crippen molar-refractivity contribution in [2.24, 2.45) is 0 Å². The molecule has 0 saturated carbocycles. The van der Waals surface area contributed by atoms with Crippen LogP contribution in [0.2, 0.25) is 0 Å². The van der Waals surface area contributed by atoms with Gasteiger partial charge in [-0.2, -0.15) is 20.5 Å². The van der Waals surface area contributed by atoms with Crippen LogP contribution in [0.25, 0.3) is 0 Å². The fourth-order valence-corrected chi connectivity index (χ4v) is 2.09. The molecule has 1 aromatic carbocycles. The molecule has 0 heterocycles. The molecule has 5 nitrogen and oxygen atoms in total. The molecule has 0 bridgehead atoms. The van der Waals surface area contributed by atoms with E-state index in [1.165, 1.54) is 11.8 Å². The van der Waals surface area contributed by atoms with Gasteiger partial charge in [0.25, 0.3) is 0 Å². The molecular weight excluding hydrogens is 385 g/mol. The predicted octanol–water partition coefficient (Wildman–Crippen LogP) is 2.77. The van der Waals surface area contributed by atoms with Gasteiger partial charge >= 0.3 is 12.1 Å². The fourth-order valence-electron chi connectivity index (χ4n) is 1.62. The topological polar surface area (TPSA) is 64.6 Å². The molecule has 11 heteroatoms. The van der Waals surface area contributed by atoms with Gasteiger partial charge in [0, 0.05) is 0 Å². The van der Waals surface area contributed by atoms with Gasteiger partial charge in [0.05, 0.1) is 0 Å². The first-order chi connectivity index (χ1) is 12.2. The summed E-state index contributed by atoms with van der Waals surface area (Å²) in [6.45, 7) is -0.409. The Labute approximate surface area is 149 Å². The minimum atomic E-state index is -2.39. The maximum atomic E-state index is 13.6. The monoisotopic (exact) mass is 397 g/mol. The Kier molecular flexibility index (Phi) is 8.18. The Morgan fingerprint density at radius 1 is 1.12 bits per heavy atom. The van der Waals surface area contributed by atoms with E-state index in [0.717, 1.165) is 0 Å². The maximum Gasteiger partial charge on any atom is 0.408 e. The van der Waals surface area contributed by atoms with Crippen LogP contribution in [0, 0.1) is 41.4 Å². The van der Waals surface area contributed by atoms with Crippen LogP contribution in [0.15, 0.2) is 0 Å². The van der Waals surface area contributed by atoms with Gasteiger partial charge in [-0.1, -0.05) is 5.92 Å². The summed E-state index contributed by atoms with van der Waals surface area (Å²) < 4.78 is 75.2. The second kappa shape index (κ2) is 9.86. The van der Waals surface area contributed by atoms with E-state index in [9.17, 15) is 31.5 Å². The molecule has 1 atom stereocenters. The predicted molar refractivity (Wildman–Crippen MR) is 82.0 cm³/mol. The highest BCUT2D eigenvalue weighted by atomic mass is 32.2. The molecule has 1 aromatic rings. The number of carbonyl (C=O) groups excluding carboxylic acids is 2. The van der Waals surface area contributed by atoms with Crippen LogP contribution in [0.5, 0.6) is 5.75 Å². The van der Waals surface area contributed by atoms with Crippen molar-refractivity contribution in [2.75, 3.05) is 18.6 Å². The van der Waals surface area contributed by atoms with E-state index < -0.39 is 59.5 Å². The van der Waals surface area contributed by atoms with Crippen molar-refractivity contribution in [1.82, 2.24) is 5.32 Å². The highest BCUT2D eigenvalue weighted by Crippen LogP contribution is 2.29. The Morgan fingerprint density at radius 3 is 2.15 bits per heavy atom. The van der Waals surface area contributed by atoms with Crippen molar-refractivity contribution < 1.29 is 41.0 Å². The second-order valence-electron chi connectivity index (χ2n) is 4.58. The van der Waals surface area contributed by atoms with E-state index >= 15 is 0 Å². The zero-order valence-corrected chi connectivity index (χ0v) is 14.0. The van der Waals surface area contributed by atoms with Gasteiger partial charge in [-0.05, 0) is 18.4 Å². The molecule has 0 aliphatic rings. The van der Waals surface area contributed by atoms with Gasteiger partial charge in [-0.25, -0.2) is 22.8 Å². The molecule has 0 radical (unpaired) electrons. The van der Waals surface area contributed by atoms with Gasteiger partial charge in [0.15, 0.2) is 6.61 Å². The number of ether oxygens (including phenoxy) is 2. The maximum absolute atomic E-state index is 13.6. The van der Waals surface area contributed by atoms with Crippen LogP contribution >= 0.6 is 11.8 Å². The molecule has 0 spiro atoms. The summed E-state index contributed by atoms with van der Waals surface area (Å²) in [5.41, 5.74) is 0. The molecule has 1 rings (SSSR count). The van der Waals surface area contributed by atoms with Crippen molar-refractivity contribution in [2.45, 2.75) is 12.5 Å². The average molecular weight is 397 g/mol. The largest absolute Gasteiger partial charge is 0.436 e. The van der Waals surface area contributed by atoms with Crippen LogP contribution in [-0.2, 0) is 9.53 Å². The van der Waals surface area contributed by atoms with Gasteiger partial charge in [-0.15, -0.1) is 6.42 Å². The SMILES string of the molecule is C#CCOC(=O)N[C@@H](CCSC)C(=O)Oc1c(F)c(F)c(F)c(F)c1F. The summed E-state index contributed by atoms with van der Waals surface area (Å²) in [4.78, 5) is 23.5. The van der Waals surface area contributed by atoms with Crippen molar-refractivity contribution in [3.8, 4) is 18.1 Å². The highest BCUT2D eigenvalue weighted by Gasteiger charge is 2.31. The first-order valence-electron chi connectivity index (χ1n) is 6.83. The van der Waals surface area contributed by atoms with E-state index in [0.29, 0.717) is 5.75 Å². The molecule has 1 amide bonds. The summed E-state index contributed by atoms with van der Waals surface area (Å²) in [5.74, 6) is -12.5. The van der Waals surface area contributed by atoms with Crippen LogP contribution in [0.3, 0.4) is 0 Å². The average Bonchev–Trinajstić information content (AvgIpc) is 2.63. The van der Waals surface area contributed by atoms with E-state index in [1.54, 1.807) is 6.26 Å². The molecule has 142 valence electrons. The van der Waals surface area contributed by atoms with Crippen molar-refractivity contribution >= 4 is 23.8 Å². The summed E-state index contributed by atoms with van der Waals surface area (Å²) in [5, 5.41) is 2.04. The number of thioether (sulfide) groups is 1. The third-order valence-electron chi connectivity index (χ3n) is 2.85.